The highest BCUT2D eigenvalue weighted by molar-refractivity contribution is 7.85. The van der Waals surface area contributed by atoms with E-state index in [4.69, 9.17) is 16.0 Å². The van der Waals surface area contributed by atoms with Gasteiger partial charge in [0, 0.05) is 6.54 Å². The van der Waals surface area contributed by atoms with E-state index in [1.54, 1.807) is 0 Å². The molecule has 0 radical (unpaired) electrons. The van der Waals surface area contributed by atoms with Gasteiger partial charge < -0.3 is 11.5 Å². The summed E-state index contributed by atoms with van der Waals surface area (Å²) in [5, 5.41) is 0. The van der Waals surface area contributed by atoms with E-state index in [9.17, 15) is 13.2 Å². The average molecular weight is 376 g/mol. The van der Waals surface area contributed by atoms with Crippen LogP contribution in [0.1, 0.15) is 16.7 Å². The van der Waals surface area contributed by atoms with Crippen LogP contribution in [-0.2, 0) is 21.3 Å². The fourth-order valence-electron chi connectivity index (χ4n) is 2.11. The Morgan fingerprint density at radius 3 is 1.92 bits per heavy atom. The molecule has 2 aromatic carbocycles. The number of carbonyl (C=O) groups is 1. The van der Waals surface area contributed by atoms with Crippen molar-refractivity contribution in [2.24, 2.45) is 17.4 Å². The van der Waals surface area contributed by atoms with E-state index in [2.05, 4.69) is 24.3 Å². The monoisotopic (exact) mass is 376 g/mol. The van der Waals surface area contributed by atoms with Crippen molar-refractivity contribution in [3.8, 4) is 0 Å². The van der Waals surface area contributed by atoms with Crippen molar-refractivity contribution in [2.75, 3.05) is 12.8 Å². The molecule has 0 aliphatic heterocycles. The van der Waals surface area contributed by atoms with Crippen LogP contribution in [0.5, 0.6) is 0 Å². The highest BCUT2D eigenvalue weighted by Gasteiger charge is 2.13. The molecule has 7 heteroatoms. The van der Waals surface area contributed by atoms with Crippen molar-refractivity contribution >= 4 is 28.2 Å². The summed E-state index contributed by atoms with van der Waals surface area (Å²) in [6.45, 7) is 0.283. The molecule has 5 N–H and O–H groups in total. The quantitative estimate of drug-likeness (QED) is 0.525. The summed E-state index contributed by atoms with van der Waals surface area (Å²) in [6.07, 6.45) is 5.44. The lowest BCUT2D eigenvalue weighted by molar-refractivity contribution is -0.121. The first kappa shape index (κ1) is 21.6. The van der Waals surface area contributed by atoms with Crippen molar-refractivity contribution < 1.29 is 17.8 Å². The molecule has 1 unspecified atom stereocenters. The number of rotatable bonds is 6. The second-order valence-corrected chi connectivity index (χ2v) is 7.22. The van der Waals surface area contributed by atoms with Crippen LogP contribution in [0.3, 0.4) is 0 Å². The number of hydrogen-bond donors (Lipinski definition) is 3. The summed E-state index contributed by atoms with van der Waals surface area (Å²) >= 11 is 0. The molecule has 0 bridgehead atoms. The highest BCUT2D eigenvalue weighted by Crippen LogP contribution is 2.12. The molecular weight excluding hydrogens is 352 g/mol. The van der Waals surface area contributed by atoms with Gasteiger partial charge in [0.1, 0.15) is 0 Å². The van der Waals surface area contributed by atoms with E-state index in [0.717, 1.165) is 11.1 Å². The van der Waals surface area contributed by atoms with Gasteiger partial charge in [-0.05, 0) is 23.1 Å². The molecule has 0 saturated heterocycles. The van der Waals surface area contributed by atoms with Gasteiger partial charge in [0.2, 0.25) is 5.91 Å². The maximum absolute atomic E-state index is 11.2. The van der Waals surface area contributed by atoms with Gasteiger partial charge in [-0.1, -0.05) is 66.7 Å². The van der Waals surface area contributed by atoms with Crippen LogP contribution < -0.4 is 11.5 Å². The molecule has 0 spiro atoms. The number of carbonyl (C=O) groups excluding carboxylic acids is 1. The summed E-state index contributed by atoms with van der Waals surface area (Å²) in [7, 11) is -3.67. The maximum atomic E-state index is 11.2. The predicted octanol–water partition coefficient (Wildman–Crippen LogP) is 1.96. The van der Waals surface area contributed by atoms with Crippen LogP contribution in [0.25, 0.3) is 12.2 Å². The Labute approximate surface area is 154 Å². The molecular formula is C19H24N2O4S. The van der Waals surface area contributed by atoms with E-state index < -0.39 is 10.1 Å². The topological polar surface area (TPSA) is 123 Å². The van der Waals surface area contributed by atoms with Gasteiger partial charge in [-0.3, -0.25) is 9.35 Å². The molecule has 0 aromatic heterocycles. The zero-order valence-electron chi connectivity index (χ0n) is 14.6. The summed E-state index contributed by atoms with van der Waals surface area (Å²) in [5.41, 5.74) is 14.2. The summed E-state index contributed by atoms with van der Waals surface area (Å²) < 4.78 is 25.9. The normalized spacial score (nSPS) is 12.3. The van der Waals surface area contributed by atoms with Crippen molar-refractivity contribution in [1.82, 2.24) is 0 Å². The Morgan fingerprint density at radius 2 is 1.50 bits per heavy atom. The molecule has 6 nitrogen and oxygen atoms in total. The van der Waals surface area contributed by atoms with E-state index >= 15 is 0 Å². The van der Waals surface area contributed by atoms with Gasteiger partial charge in [-0.25, -0.2) is 0 Å². The van der Waals surface area contributed by atoms with Gasteiger partial charge >= 0.3 is 0 Å². The van der Waals surface area contributed by atoms with Gasteiger partial charge in [0.25, 0.3) is 10.1 Å². The fraction of sp³-hybridized carbons (Fsp3) is 0.211. The van der Waals surface area contributed by atoms with E-state index in [-0.39, 0.29) is 18.4 Å². The highest BCUT2D eigenvalue weighted by atomic mass is 32.2. The van der Waals surface area contributed by atoms with Crippen molar-refractivity contribution in [2.45, 2.75) is 6.42 Å². The Morgan fingerprint density at radius 1 is 1.04 bits per heavy atom. The minimum absolute atomic E-state index is 0.283. The van der Waals surface area contributed by atoms with Crippen LogP contribution >= 0.6 is 0 Å². The molecule has 2 aromatic rings. The van der Waals surface area contributed by atoms with Crippen LogP contribution in [0.2, 0.25) is 0 Å². The second-order valence-electron chi connectivity index (χ2n) is 5.76. The number of amides is 1. The first-order valence-corrected chi connectivity index (χ1v) is 9.77. The van der Waals surface area contributed by atoms with Crippen molar-refractivity contribution in [3.63, 3.8) is 0 Å². The summed E-state index contributed by atoms with van der Waals surface area (Å²) in [5.74, 6) is -0.638. The van der Waals surface area contributed by atoms with Crippen LogP contribution in [0, 0.1) is 5.92 Å². The molecule has 0 aliphatic carbocycles. The first-order valence-electron chi connectivity index (χ1n) is 7.93. The van der Waals surface area contributed by atoms with Crippen LogP contribution in [-0.4, -0.2) is 31.7 Å². The van der Waals surface area contributed by atoms with Gasteiger partial charge in [-0.15, -0.1) is 0 Å². The average Bonchev–Trinajstić information content (AvgIpc) is 2.58. The third-order valence-corrected chi connectivity index (χ3v) is 3.42. The molecule has 0 aliphatic rings. The summed E-state index contributed by atoms with van der Waals surface area (Å²) in [6, 6.07) is 18.2. The fourth-order valence-corrected chi connectivity index (χ4v) is 2.11. The Kier molecular flexibility index (Phi) is 8.71. The molecule has 0 heterocycles. The standard InChI is InChI=1S/C18H20N2O.CH4O3S/c19-13-17(18(20)21)12-16-10-8-15(9-11-16)7-6-14-4-2-1-3-5-14;1-5(2,3)4/h1-11,17H,12-13,19H2,(H2,20,21);1H3,(H,2,3,4). The van der Waals surface area contributed by atoms with Gasteiger partial charge in [0.05, 0.1) is 12.2 Å². The number of primary amides is 1. The summed E-state index contributed by atoms with van der Waals surface area (Å²) in [4.78, 5) is 11.2. The van der Waals surface area contributed by atoms with Gasteiger partial charge in [0.15, 0.2) is 0 Å². The lowest BCUT2D eigenvalue weighted by Gasteiger charge is -2.10. The molecule has 1 atom stereocenters. The Balaban J connectivity index is 0.000000597. The van der Waals surface area contributed by atoms with Gasteiger partial charge in [-0.2, -0.15) is 8.42 Å². The van der Waals surface area contributed by atoms with E-state index in [0.29, 0.717) is 12.7 Å². The molecule has 140 valence electrons. The largest absolute Gasteiger partial charge is 0.369 e. The minimum Gasteiger partial charge on any atom is -0.369 e. The molecule has 1 amide bonds. The first-order chi connectivity index (χ1) is 12.2. The number of hydrogen-bond acceptors (Lipinski definition) is 4. The Hall–Kier alpha value is -2.48. The lowest BCUT2D eigenvalue weighted by Crippen LogP contribution is -2.31. The second kappa shape index (κ2) is 10.5. The van der Waals surface area contributed by atoms with Crippen molar-refractivity contribution in [1.29, 1.82) is 0 Å². The molecule has 2 rings (SSSR count). The number of benzene rings is 2. The maximum Gasteiger partial charge on any atom is 0.261 e. The number of nitrogens with two attached hydrogens (primary N) is 2. The zero-order valence-corrected chi connectivity index (χ0v) is 15.4. The zero-order chi connectivity index (χ0) is 19.6. The Bertz CT molecular complexity index is 808. The third-order valence-electron chi connectivity index (χ3n) is 3.42. The molecule has 26 heavy (non-hydrogen) atoms. The van der Waals surface area contributed by atoms with Crippen molar-refractivity contribution in [3.05, 3.63) is 71.3 Å². The molecule has 0 saturated carbocycles. The van der Waals surface area contributed by atoms with E-state index in [1.807, 2.05) is 42.5 Å². The minimum atomic E-state index is -3.67. The smallest absolute Gasteiger partial charge is 0.261 e. The predicted molar refractivity (Wildman–Crippen MR) is 105 cm³/mol. The third kappa shape index (κ3) is 9.73. The van der Waals surface area contributed by atoms with E-state index in [1.165, 1.54) is 5.56 Å². The van der Waals surface area contributed by atoms with Crippen LogP contribution in [0.15, 0.2) is 54.6 Å². The van der Waals surface area contributed by atoms with Crippen LogP contribution in [0.4, 0.5) is 0 Å². The SMILES string of the molecule is CS(=O)(=O)O.NCC(Cc1ccc(C=Cc2ccccc2)cc1)C(N)=O. The lowest BCUT2D eigenvalue weighted by atomic mass is 9.98. The molecule has 0 fully saturated rings.